The molecule has 2 aromatic heterocycles. The summed E-state index contributed by atoms with van der Waals surface area (Å²) in [5.41, 5.74) is 2.93. The highest BCUT2D eigenvalue weighted by Crippen LogP contribution is 2.23. The Kier molecular flexibility index (Phi) is 2.75. The van der Waals surface area contributed by atoms with Gasteiger partial charge in [-0.2, -0.15) is 10.4 Å². The average Bonchev–Trinajstić information content (AvgIpc) is 2.57. The zero-order chi connectivity index (χ0) is 11.7. The Labute approximate surface area is 102 Å². The maximum Gasteiger partial charge on any atom is 0.166 e. The van der Waals surface area contributed by atoms with Crippen molar-refractivity contribution in [3.8, 4) is 11.8 Å². The quantitative estimate of drug-likeness (QED) is 0.804. The van der Waals surface area contributed by atoms with E-state index < -0.39 is 0 Å². The Hall–Kier alpha value is -1.67. The van der Waals surface area contributed by atoms with Gasteiger partial charge in [-0.25, -0.2) is 9.67 Å². The minimum atomic E-state index is 0.376. The van der Waals surface area contributed by atoms with Gasteiger partial charge in [0, 0.05) is 6.20 Å². The number of hydrogen-bond acceptors (Lipinski definition) is 3. The van der Waals surface area contributed by atoms with E-state index in [0.29, 0.717) is 11.4 Å². The molecule has 0 aliphatic rings. The Morgan fingerprint density at radius 1 is 1.44 bits per heavy atom. The minimum absolute atomic E-state index is 0.376. The van der Waals surface area contributed by atoms with Gasteiger partial charge >= 0.3 is 0 Å². The van der Waals surface area contributed by atoms with E-state index >= 15 is 0 Å². The van der Waals surface area contributed by atoms with Crippen molar-refractivity contribution in [2.24, 2.45) is 0 Å². The highest BCUT2D eigenvalue weighted by Gasteiger charge is 2.13. The van der Waals surface area contributed by atoms with Crippen LogP contribution in [-0.4, -0.2) is 14.8 Å². The summed E-state index contributed by atoms with van der Waals surface area (Å²) < 4.78 is 2.69. The third-order valence-electron chi connectivity index (χ3n) is 2.32. The van der Waals surface area contributed by atoms with Crippen LogP contribution in [0.2, 0.25) is 0 Å². The fourth-order valence-electron chi connectivity index (χ4n) is 1.51. The van der Waals surface area contributed by atoms with Crippen LogP contribution in [0.5, 0.6) is 0 Å². The summed E-state index contributed by atoms with van der Waals surface area (Å²) in [6, 6.07) is 5.69. The normalized spacial score (nSPS) is 10.1. The molecule has 0 aliphatic heterocycles. The number of pyridine rings is 1. The molecule has 2 heterocycles. The van der Waals surface area contributed by atoms with E-state index in [9.17, 15) is 0 Å². The molecule has 80 valence electrons. The number of nitriles is 1. The van der Waals surface area contributed by atoms with E-state index in [2.05, 4.69) is 32.1 Å². The maximum atomic E-state index is 8.98. The summed E-state index contributed by atoms with van der Waals surface area (Å²) in [7, 11) is 0. The Morgan fingerprint density at radius 2 is 2.19 bits per heavy atom. The molecule has 0 spiro atoms. The molecule has 5 heteroatoms. The molecule has 0 bridgehead atoms. The van der Waals surface area contributed by atoms with Crippen LogP contribution >= 0.6 is 15.9 Å². The first-order chi connectivity index (χ1) is 7.65. The summed E-state index contributed by atoms with van der Waals surface area (Å²) in [5.74, 6) is 0. The highest BCUT2D eigenvalue weighted by molar-refractivity contribution is 9.10. The van der Waals surface area contributed by atoms with Crippen LogP contribution in [0.1, 0.15) is 17.1 Å². The molecule has 0 saturated carbocycles. The van der Waals surface area contributed by atoms with E-state index in [1.807, 2.05) is 19.9 Å². The number of hydrogen-bond donors (Lipinski definition) is 0. The Balaban J connectivity index is 2.69. The summed E-state index contributed by atoms with van der Waals surface area (Å²) in [6.45, 7) is 3.86. The second kappa shape index (κ2) is 4.06. The van der Waals surface area contributed by atoms with Crippen LogP contribution in [-0.2, 0) is 0 Å². The van der Waals surface area contributed by atoms with Gasteiger partial charge in [0.15, 0.2) is 5.69 Å². The molecule has 0 aromatic carbocycles. The van der Waals surface area contributed by atoms with Crippen molar-refractivity contribution in [1.82, 2.24) is 14.8 Å². The van der Waals surface area contributed by atoms with Crippen LogP contribution in [0.25, 0.3) is 5.69 Å². The van der Waals surface area contributed by atoms with E-state index in [0.717, 1.165) is 15.9 Å². The minimum Gasteiger partial charge on any atom is -0.243 e. The van der Waals surface area contributed by atoms with Crippen molar-refractivity contribution in [1.29, 1.82) is 5.26 Å². The molecular formula is C11H9BrN4. The lowest BCUT2D eigenvalue weighted by Gasteiger charge is -2.04. The third kappa shape index (κ3) is 1.61. The second-order valence-electron chi connectivity index (χ2n) is 3.38. The summed E-state index contributed by atoms with van der Waals surface area (Å²) in [5, 5.41) is 13.3. The molecule has 0 atom stereocenters. The largest absolute Gasteiger partial charge is 0.243 e. The lowest BCUT2D eigenvalue weighted by molar-refractivity contribution is 0.824. The molecule has 0 N–H and O–H groups in total. The number of rotatable bonds is 1. The van der Waals surface area contributed by atoms with Gasteiger partial charge in [0.2, 0.25) is 0 Å². The fourth-order valence-corrected chi connectivity index (χ4v) is 1.76. The summed E-state index contributed by atoms with van der Waals surface area (Å²) >= 11 is 3.46. The van der Waals surface area contributed by atoms with Crippen molar-refractivity contribution in [2.45, 2.75) is 13.8 Å². The predicted octanol–water partition coefficient (Wildman–Crippen LogP) is 2.52. The van der Waals surface area contributed by atoms with E-state index in [1.165, 1.54) is 0 Å². The molecule has 0 amide bonds. The number of nitrogens with zero attached hydrogens (tertiary/aromatic N) is 4. The SMILES string of the molecule is Cc1nn(-c2cccnc2C#N)c(C)c1Br. The maximum absolute atomic E-state index is 8.98. The Morgan fingerprint density at radius 3 is 2.75 bits per heavy atom. The van der Waals surface area contributed by atoms with Crippen LogP contribution in [0.4, 0.5) is 0 Å². The molecule has 0 fully saturated rings. The molecule has 4 nitrogen and oxygen atoms in total. The van der Waals surface area contributed by atoms with Crippen molar-refractivity contribution >= 4 is 15.9 Å². The molecule has 0 aliphatic carbocycles. The number of aryl methyl sites for hydroxylation is 1. The topological polar surface area (TPSA) is 54.5 Å². The lowest BCUT2D eigenvalue weighted by Crippen LogP contribution is -2.03. The predicted molar refractivity (Wildman–Crippen MR) is 63.2 cm³/mol. The zero-order valence-electron chi connectivity index (χ0n) is 8.90. The third-order valence-corrected chi connectivity index (χ3v) is 3.47. The average molecular weight is 277 g/mol. The summed E-state index contributed by atoms with van der Waals surface area (Å²) in [6.07, 6.45) is 1.60. The van der Waals surface area contributed by atoms with Gasteiger partial charge in [0.1, 0.15) is 11.8 Å². The van der Waals surface area contributed by atoms with Crippen molar-refractivity contribution in [2.75, 3.05) is 0 Å². The van der Waals surface area contributed by atoms with Crippen LogP contribution in [0, 0.1) is 25.2 Å². The van der Waals surface area contributed by atoms with Gasteiger partial charge in [-0.3, -0.25) is 0 Å². The van der Waals surface area contributed by atoms with Gasteiger partial charge in [-0.05, 0) is 41.9 Å². The molecule has 2 rings (SSSR count). The first-order valence-electron chi connectivity index (χ1n) is 4.72. The van der Waals surface area contributed by atoms with E-state index in [-0.39, 0.29) is 0 Å². The fraction of sp³-hybridized carbons (Fsp3) is 0.182. The van der Waals surface area contributed by atoms with Crippen LogP contribution < -0.4 is 0 Å². The molecule has 2 aromatic rings. The van der Waals surface area contributed by atoms with Gasteiger partial charge in [-0.1, -0.05) is 0 Å². The van der Waals surface area contributed by atoms with Crippen LogP contribution in [0.15, 0.2) is 22.8 Å². The van der Waals surface area contributed by atoms with Crippen molar-refractivity contribution in [3.05, 3.63) is 39.9 Å². The second-order valence-corrected chi connectivity index (χ2v) is 4.17. The Bertz CT molecular complexity index is 580. The van der Waals surface area contributed by atoms with Gasteiger partial charge < -0.3 is 0 Å². The van der Waals surface area contributed by atoms with Crippen molar-refractivity contribution < 1.29 is 0 Å². The number of aromatic nitrogens is 3. The van der Waals surface area contributed by atoms with E-state index in [1.54, 1.807) is 16.9 Å². The van der Waals surface area contributed by atoms with Gasteiger partial charge in [-0.15, -0.1) is 0 Å². The standard InChI is InChI=1S/C11H9BrN4/c1-7-11(12)8(2)16(15-7)10-4-3-5-14-9(10)6-13/h3-5H,1-2H3. The smallest absolute Gasteiger partial charge is 0.166 e. The number of halogens is 1. The first kappa shape index (κ1) is 10.8. The zero-order valence-corrected chi connectivity index (χ0v) is 10.5. The molecule has 0 unspecified atom stereocenters. The molecular weight excluding hydrogens is 268 g/mol. The summed E-state index contributed by atoms with van der Waals surface area (Å²) in [4.78, 5) is 4.02. The van der Waals surface area contributed by atoms with Crippen LogP contribution in [0.3, 0.4) is 0 Å². The van der Waals surface area contributed by atoms with E-state index in [4.69, 9.17) is 5.26 Å². The highest BCUT2D eigenvalue weighted by atomic mass is 79.9. The van der Waals surface area contributed by atoms with Gasteiger partial charge in [0.25, 0.3) is 0 Å². The lowest BCUT2D eigenvalue weighted by atomic mass is 10.3. The first-order valence-corrected chi connectivity index (χ1v) is 5.51. The monoisotopic (exact) mass is 276 g/mol. The van der Waals surface area contributed by atoms with Gasteiger partial charge in [0.05, 0.1) is 15.9 Å². The molecule has 16 heavy (non-hydrogen) atoms. The van der Waals surface area contributed by atoms with Crippen molar-refractivity contribution in [3.63, 3.8) is 0 Å². The molecule has 0 radical (unpaired) electrons. The molecule has 0 saturated heterocycles.